The highest BCUT2D eigenvalue weighted by molar-refractivity contribution is 7.98. The van der Waals surface area contributed by atoms with E-state index in [4.69, 9.17) is 32.7 Å². The molecule has 1 heterocycles. The average Bonchev–Trinajstić information content (AvgIpc) is 2.78. The topological polar surface area (TPSA) is 71.5 Å². The van der Waals surface area contributed by atoms with E-state index in [-0.39, 0.29) is 0 Å². The number of thioether (sulfide) groups is 1. The number of rotatable bonds is 10. The van der Waals surface area contributed by atoms with Gasteiger partial charge in [-0.1, -0.05) is 41.4 Å². The second kappa shape index (κ2) is 11.8. The van der Waals surface area contributed by atoms with E-state index >= 15 is 0 Å². The summed E-state index contributed by atoms with van der Waals surface area (Å²) in [6.45, 7) is 0.406. The van der Waals surface area contributed by atoms with Crippen LogP contribution in [0.5, 0.6) is 11.5 Å². The summed E-state index contributed by atoms with van der Waals surface area (Å²) < 4.78 is 11.0. The van der Waals surface area contributed by atoms with Gasteiger partial charge in [0.2, 0.25) is 0 Å². The molecule has 2 aromatic carbocycles. The van der Waals surface area contributed by atoms with Gasteiger partial charge in [0, 0.05) is 17.1 Å². The van der Waals surface area contributed by atoms with E-state index in [9.17, 15) is 9.90 Å². The van der Waals surface area contributed by atoms with Crippen LogP contribution in [-0.2, 0) is 17.0 Å². The van der Waals surface area contributed by atoms with Crippen LogP contribution in [0.1, 0.15) is 17.0 Å². The molecule has 3 rings (SSSR count). The van der Waals surface area contributed by atoms with E-state index in [2.05, 4.69) is 4.98 Å². The lowest BCUT2D eigenvalue weighted by molar-refractivity contribution is -0.297. The summed E-state index contributed by atoms with van der Waals surface area (Å²) in [5.74, 6) is 0.473. The highest BCUT2D eigenvalue weighted by Gasteiger charge is 2.10. The summed E-state index contributed by atoms with van der Waals surface area (Å²) in [6.07, 6.45) is 2.98. The third-order valence-corrected chi connectivity index (χ3v) is 6.43. The second-order valence-electron chi connectivity index (χ2n) is 6.62. The molecule has 0 N–H and O–H groups in total. The smallest absolute Gasteiger partial charge is 0.144 e. The number of nitrogens with zero attached hydrogens (tertiary/aromatic N) is 1. The quantitative estimate of drug-likeness (QED) is 0.293. The first kappa shape index (κ1) is 24.0. The molecule has 0 bridgehead atoms. The van der Waals surface area contributed by atoms with Gasteiger partial charge in [-0.3, -0.25) is 0 Å². The van der Waals surface area contributed by atoms with Gasteiger partial charge < -0.3 is 19.4 Å². The molecule has 3 aromatic rings. The number of aromatic nitrogens is 1. The molecular weight excluding hydrogens is 469 g/mol. The van der Waals surface area contributed by atoms with Crippen LogP contribution in [-0.4, -0.2) is 24.7 Å². The van der Waals surface area contributed by atoms with Gasteiger partial charge in [0.25, 0.3) is 0 Å². The molecule has 0 spiro atoms. The number of carboxylic acids is 1. The van der Waals surface area contributed by atoms with Crippen LogP contribution in [0.25, 0.3) is 6.08 Å². The van der Waals surface area contributed by atoms with Crippen LogP contribution in [0.3, 0.4) is 0 Å². The van der Waals surface area contributed by atoms with Crippen molar-refractivity contribution in [3.63, 3.8) is 0 Å². The van der Waals surface area contributed by atoms with Gasteiger partial charge in [-0.25, -0.2) is 4.98 Å². The van der Waals surface area contributed by atoms with Crippen molar-refractivity contribution in [3.8, 4) is 11.5 Å². The summed E-state index contributed by atoms with van der Waals surface area (Å²) in [6, 6.07) is 16.7. The van der Waals surface area contributed by atoms with Crippen LogP contribution >= 0.6 is 35.0 Å². The molecule has 166 valence electrons. The predicted molar refractivity (Wildman–Crippen MR) is 126 cm³/mol. The van der Waals surface area contributed by atoms with Crippen molar-refractivity contribution >= 4 is 47.0 Å². The highest BCUT2D eigenvalue weighted by atomic mass is 35.5. The Bertz CT molecular complexity index is 1080. The van der Waals surface area contributed by atoms with Gasteiger partial charge in [-0.15, -0.1) is 11.8 Å². The molecule has 0 saturated heterocycles. The summed E-state index contributed by atoms with van der Waals surface area (Å²) in [5, 5.41) is 12.0. The second-order valence-corrected chi connectivity index (χ2v) is 8.42. The maximum absolute atomic E-state index is 10.9. The van der Waals surface area contributed by atoms with Gasteiger partial charge in [0.15, 0.2) is 0 Å². The van der Waals surface area contributed by atoms with E-state index in [1.807, 2.05) is 30.3 Å². The maximum Gasteiger partial charge on any atom is 0.144 e. The molecule has 0 saturated carbocycles. The fraction of sp³-hybridized carbons (Fsp3) is 0.167. The number of ether oxygens (including phenoxy) is 2. The molecule has 0 amide bonds. The van der Waals surface area contributed by atoms with Crippen molar-refractivity contribution in [1.82, 2.24) is 4.98 Å². The molecule has 0 aliphatic carbocycles. The number of methoxy groups -OCH3 is 1. The van der Waals surface area contributed by atoms with Crippen molar-refractivity contribution in [2.45, 2.75) is 17.1 Å². The zero-order valence-electron chi connectivity index (χ0n) is 17.2. The van der Waals surface area contributed by atoms with E-state index < -0.39 is 5.97 Å². The predicted octanol–water partition coefficient (Wildman–Crippen LogP) is 5.07. The monoisotopic (exact) mass is 488 g/mol. The minimum Gasteiger partial charge on any atom is -0.545 e. The molecule has 8 heteroatoms. The van der Waals surface area contributed by atoms with Crippen molar-refractivity contribution in [3.05, 3.63) is 87.7 Å². The van der Waals surface area contributed by atoms with Crippen LogP contribution in [0.2, 0.25) is 10.0 Å². The van der Waals surface area contributed by atoms with Crippen molar-refractivity contribution in [1.29, 1.82) is 0 Å². The number of halogens is 2. The number of hydrogen-bond acceptors (Lipinski definition) is 6. The number of carbonyl (C=O) groups is 1. The van der Waals surface area contributed by atoms with Gasteiger partial charge in [0.1, 0.15) is 17.2 Å². The van der Waals surface area contributed by atoms with Crippen molar-refractivity contribution in [2.24, 2.45) is 0 Å². The lowest BCUT2D eigenvalue weighted by atomic mass is 10.1. The largest absolute Gasteiger partial charge is 0.545 e. The van der Waals surface area contributed by atoms with Gasteiger partial charge in [0.05, 0.1) is 35.4 Å². The molecule has 1 aromatic heterocycles. The summed E-state index contributed by atoms with van der Waals surface area (Å²) in [5.41, 5.74) is 2.23. The normalized spacial score (nSPS) is 11.0. The zero-order valence-corrected chi connectivity index (χ0v) is 19.5. The number of hydrogen-bond donors (Lipinski definition) is 0. The van der Waals surface area contributed by atoms with Gasteiger partial charge >= 0.3 is 0 Å². The Morgan fingerprint density at radius 2 is 1.81 bits per heavy atom. The first-order chi connectivity index (χ1) is 15.5. The van der Waals surface area contributed by atoms with E-state index in [1.54, 1.807) is 31.4 Å². The Labute approximate surface area is 201 Å². The molecule has 0 fully saturated rings. The number of carboxylic acid groups (broad SMARTS) is 1. The number of carbonyl (C=O) groups excluding carboxylic acids is 1. The van der Waals surface area contributed by atoms with Crippen molar-refractivity contribution < 1.29 is 19.4 Å². The van der Waals surface area contributed by atoms with Crippen LogP contribution in [0, 0.1) is 0 Å². The molecule has 0 unspecified atom stereocenters. The summed E-state index contributed by atoms with van der Waals surface area (Å²) in [4.78, 5) is 16.2. The molecule has 32 heavy (non-hydrogen) atoms. The molecular formula is C24H20Cl2NO4S-. The molecule has 0 atom stereocenters. The highest BCUT2D eigenvalue weighted by Crippen LogP contribution is 2.35. The fourth-order valence-corrected chi connectivity index (χ4v) is 4.40. The van der Waals surface area contributed by atoms with Gasteiger partial charge in [-0.2, -0.15) is 0 Å². The Kier molecular flexibility index (Phi) is 8.85. The maximum atomic E-state index is 10.9. The SMILES string of the molecule is COc1ccc(CCOc2ccc(CSc3c(Cl)cccc3Cl)nc2/C=C/C(=O)[O-])cc1. The Balaban J connectivity index is 1.70. The number of pyridine rings is 1. The van der Waals surface area contributed by atoms with E-state index in [0.29, 0.717) is 40.3 Å². The Hall–Kier alpha value is -2.67. The molecule has 0 aliphatic heterocycles. The number of aliphatic carboxylic acids is 1. The lowest BCUT2D eigenvalue weighted by Crippen LogP contribution is -2.18. The number of benzene rings is 2. The first-order valence-corrected chi connectivity index (χ1v) is 11.4. The fourth-order valence-electron chi connectivity index (χ4n) is 2.81. The molecule has 0 aliphatic rings. The standard InChI is InChI=1S/C24H21Cl2NO4S/c1-30-18-8-5-16(6-9-18)13-14-31-22-11-7-17(27-21(22)10-12-23(28)29)15-32-24-19(25)3-2-4-20(24)26/h2-12H,13-15H2,1H3,(H,28,29)/p-1/b12-10+. The minimum absolute atomic E-state index is 0.406. The third-order valence-electron chi connectivity index (χ3n) is 4.41. The van der Waals surface area contributed by atoms with Crippen LogP contribution in [0.15, 0.2) is 65.6 Å². The third kappa shape index (κ3) is 6.92. The molecule has 0 radical (unpaired) electrons. The Morgan fingerprint density at radius 1 is 1.09 bits per heavy atom. The zero-order chi connectivity index (χ0) is 22.9. The van der Waals surface area contributed by atoms with Crippen LogP contribution in [0.4, 0.5) is 0 Å². The average molecular weight is 489 g/mol. The van der Waals surface area contributed by atoms with Gasteiger partial charge in [-0.05, 0) is 54.1 Å². The van der Waals surface area contributed by atoms with Crippen LogP contribution < -0.4 is 14.6 Å². The first-order valence-electron chi connectivity index (χ1n) is 9.68. The summed E-state index contributed by atoms with van der Waals surface area (Å²) in [7, 11) is 1.62. The summed E-state index contributed by atoms with van der Waals surface area (Å²) >= 11 is 13.9. The van der Waals surface area contributed by atoms with Crippen molar-refractivity contribution in [2.75, 3.05) is 13.7 Å². The minimum atomic E-state index is -1.31. The Morgan fingerprint density at radius 3 is 2.47 bits per heavy atom. The van der Waals surface area contributed by atoms with E-state index in [1.165, 1.54) is 17.8 Å². The van der Waals surface area contributed by atoms with E-state index in [0.717, 1.165) is 28.0 Å². The lowest BCUT2D eigenvalue weighted by Gasteiger charge is -2.12. The molecule has 5 nitrogen and oxygen atoms in total.